The summed E-state index contributed by atoms with van der Waals surface area (Å²) in [6, 6.07) is -0.0834. The van der Waals surface area contributed by atoms with Crippen molar-refractivity contribution in [3.05, 3.63) is 0 Å². The predicted molar refractivity (Wildman–Crippen MR) is 52.4 cm³/mol. The molecular weight excluding hydrogens is 168 g/mol. The molecule has 4 heteroatoms. The maximum atomic E-state index is 11.0. The quantitative estimate of drug-likeness (QED) is 0.697. The topological polar surface area (TPSA) is 64.3 Å². The number of amides is 1. The molecule has 0 saturated heterocycles. The lowest BCUT2D eigenvalue weighted by molar-refractivity contribution is 0.153. The molecule has 1 amide bonds. The van der Waals surface area contributed by atoms with Crippen LogP contribution in [0.25, 0.3) is 0 Å². The van der Waals surface area contributed by atoms with E-state index in [1.165, 1.54) is 7.11 Å². The normalized spacial score (nSPS) is 14.1. The van der Waals surface area contributed by atoms with Gasteiger partial charge in [0.15, 0.2) is 0 Å². The Balaban J connectivity index is 4.36. The Morgan fingerprint density at radius 3 is 2.15 bits per heavy atom. The zero-order chi connectivity index (χ0) is 10.6. The van der Waals surface area contributed by atoms with Gasteiger partial charge < -0.3 is 15.8 Å². The second kappa shape index (κ2) is 4.46. The van der Waals surface area contributed by atoms with E-state index in [1.807, 2.05) is 27.7 Å². The Labute approximate surface area is 79.8 Å². The van der Waals surface area contributed by atoms with Gasteiger partial charge in [-0.05, 0) is 19.8 Å². The van der Waals surface area contributed by atoms with Crippen LogP contribution in [0.2, 0.25) is 0 Å². The van der Waals surface area contributed by atoms with Crippen LogP contribution in [0.1, 0.15) is 27.7 Å². The smallest absolute Gasteiger partial charge is 0.407 e. The summed E-state index contributed by atoms with van der Waals surface area (Å²) < 4.78 is 4.52. The molecule has 78 valence electrons. The summed E-state index contributed by atoms with van der Waals surface area (Å²) in [5.74, 6) is 0.277. The van der Waals surface area contributed by atoms with Gasteiger partial charge in [-0.3, -0.25) is 0 Å². The summed E-state index contributed by atoms with van der Waals surface area (Å²) >= 11 is 0. The standard InChI is InChI=1S/C9H20N2O2/c1-6(2)7(9(3,4)10)11-8(12)13-5/h6-7H,10H2,1-5H3,(H,11,12)/t7-/m0/s1. The molecule has 13 heavy (non-hydrogen) atoms. The Kier molecular flexibility index (Phi) is 4.20. The molecule has 3 N–H and O–H groups in total. The summed E-state index contributed by atoms with van der Waals surface area (Å²) in [6.45, 7) is 7.78. The van der Waals surface area contributed by atoms with E-state index in [2.05, 4.69) is 10.1 Å². The van der Waals surface area contributed by atoms with Crippen molar-refractivity contribution in [1.29, 1.82) is 0 Å². The van der Waals surface area contributed by atoms with E-state index >= 15 is 0 Å². The van der Waals surface area contributed by atoms with Gasteiger partial charge in [-0.2, -0.15) is 0 Å². The molecule has 0 unspecified atom stereocenters. The van der Waals surface area contributed by atoms with Crippen LogP contribution in [0.3, 0.4) is 0 Å². The largest absolute Gasteiger partial charge is 0.453 e. The van der Waals surface area contributed by atoms with Crippen molar-refractivity contribution in [2.24, 2.45) is 11.7 Å². The van der Waals surface area contributed by atoms with Crippen molar-refractivity contribution < 1.29 is 9.53 Å². The first-order valence-corrected chi connectivity index (χ1v) is 4.42. The summed E-state index contributed by atoms with van der Waals surface area (Å²) in [4.78, 5) is 11.0. The van der Waals surface area contributed by atoms with Gasteiger partial charge in [-0.15, -0.1) is 0 Å². The maximum absolute atomic E-state index is 11.0. The fourth-order valence-corrected chi connectivity index (χ4v) is 1.40. The molecular formula is C9H20N2O2. The van der Waals surface area contributed by atoms with Crippen LogP contribution in [0.5, 0.6) is 0 Å². The van der Waals surface area contributed by atoms with Crippen LogP contribution in [0, 0.1) is 5.92 Å². The molecule has 0 aromatic heterocycles. The van der Waals surface area contributed by atoms with E-state index in [0.717, 1.165) is 0 Å². The minimum absolute atomic E-state index is 0.0834. The number of alkyl carbamates (subject to hydrolysis) is 1. The van der Waals surface area contributed by atoms with Crippen LogP contribution in [-0.2, 0) is 4.74 Å². The average Bonchev–Trinajstić information content (AvgIpc) is 1.96. The molecule has 0 aromatic carbocycles. The fraction of sp³-hybridized carbons (Fsp3) is 0.889. The predicted octanol–water partition coefficient (Wildman–Crippen LogP) is 1.10. The maximum Gasteiger partial charge on any atom is 0.407 e. The van der Waals surface area contributed by atoms with Gasteiger partial charge in [0, 0.05) is 5.54 Å². The number of rotatable bonds is 3. The number of hydrogen-bond donors (Lipinski definition) is 2. The monoisotopic (exact) mass is 188 g/mol. The second-order valence-corrected chi connectivity index (χ2v) is 4.18. The summed E-state index contributed by atoms with van der Waals surface area (Å²) in [7, 11) is 1.34. The number of ether oxygens (including phenoxy) is 1. The minimum atomic E-state index is -0.442. The van der Waals surface area contributed by atoms with Crippen LogP contribution in [0.15, 0.2) is 0 Å². The highest BCUT2D eigenvalue weighted by molar-refractivity contribution is 5.67. The molecule has 1 atom stereocenters. The molecule has 0 aliphatic carbocycles. The summed E-state index contributed by atoms with van der Waals surface area (Å²) in [5.41, 5.74) is 5.47. The summed E-state index contributed by atoms with van der Waals surface area (Å²) in [5, 5.41) is 2.72. The van der Waals surface area contributed by atoms with Gasteiger partial charge in [-0.1, -0.05) is 13.8 Å². The molecule has 4 nitrogen and oxygen atoms in total. The van der Waals surface area contributed by atoms with Crippen molar-refractivity contribution in [1.82, 2.24) is 5.32 Å². The highest BCUT2D eigenvalue weighted by Crippen LogP contribution is 2.14. The molecule has 0 aliphatic rings. The lowest BCUT2D eigenvalue weighted by Gasteiger charge is -2.33. The molecule has 0 rings (SSSR count). The van der Waals surface area contributed by atoms with Gasteiger partial charge >= 0.3 is 6.09 Å². The van der Waals surface area contributed by atoms with Crippen molar-refractivity contribution in [2.75, 3.05) is 7.11 Å². The fourth-order valence-electron chi connectivity index (χ4n) is 1.40. The van der Waals surface area contributed by atoms with Gasteiger partial charge in [0.25, 0.3) is 0 Å². The van der Waals surface area contributed by atoms with E-state index in [1.54, 1.807) is 0 Å². The lowest BCUT2D eigenvalue weighted by Crippen LogP contribution is -2.57. The summed E-state index contributed by atoms with van der Waals surface area (Å²) in [6.07, 6.45) is -0.433. The Bertz CT molecular complexity index is 173. The zero-order valence-electron chi connectivity index (χ0n) is 9.05. The Morgan fingerprint density at radius 2 is 1.92 bits per heavy atom. The number of carbonyl (C=O) groups is 1. The van der Waals surface area contributed by atoms with Gasteiger partial charge in [0.2, 0.25) is 0 Å². The number of nitrogens with one attached hydrogen (secondary N) is 1. The number of carbonyl (C=O) groups excluding carboxylic acids is 1. The van der Waals surface area contributed by atoms with E-state index in [9.17, 15) is 4.79 Å². The third-order valence-electron chi connectivity index (χ3n) is 1.93. The first-order chi connectivity index (χ1) is 5.79. The molecule has 0 aromatic rings. The highest BCUT2D eigenvalue weighted by Gasteiger charge is 2.29. The van der Waals surface area contributed by atoms with E-state index < -0.39 is 11.6 Å². The zero-order valence-corrected chi connectivity index (χ0v) is 9.05. The minimum Gasteiger partial charge on any atom is -0.453 e. The SMILES string of the molecule is COC(=O)N[C@@H](C(C)C)C(C)(C)N. The van der Waals surface area contributed by atoms with E-state index in [4.69, 9.17) is 5.73 Å². The van der Waals surface area contributed by atoms with E-state index in [-0.39, 0.29) is 12.0 Å². The lowest BCUT2D eigenvalue weighted by atomic mass is 9.87. The van der Waals surface area contributed by atoms with Crippen molar-refractivity contribution in [2.45, 2.75) is 39.3 Å². The molecule has 0 aliphatic heterocycles. The first-order valence-electron chi connectivity index (χ1n) is 4.42. The molecule has 0 bridgehead atoms. The molecule has 0 saturated carbocycles. The number of methoxy groups -OCH3 is 1. The van der Waals surface area contributed by atoms with Crippen LogP contribution in [-0.4, -0.2) is 24.8 Å². The Morgan fingerprint density at radius 1 is 1.46 bits per heavy atom. The van der Waals surface area contributed by atoms with Crippen LogP contribution < -0.4 is 11.1 Å². The highest BCUT2D eigenvalue weighted by atomic mass is 16.5. The Hall–Kier alpha value is -0.770. The molecule has 0 fully saturated rings. The van der Waals surface area contributed by atoms with Gasteiger partial charge in [0.1, 0.15) is 0 Å². The number of hydrogen-bond acceptors (Lipinski definition) is 3. The van der Waals surface area contributed by atoms with Crippen molar-refractivity contribution in [3.63, 3.8) is 0 Å². The average molecular weight is 188 g/mol. The van der Waals surface area contributed by atoms with Crippen molar-refractivity contribution >= 4 is 6.09 Å². The third kappa shape index (κ3) is 4.12. The van der Waals surface area contributed by atoms with Crippen LogP contribution in [0.4, 0.5) is 4.79 Å². The molecule has 0 heterocycles. The van der Waals surface area contributed by atoms with E-state index in [0.29, 0.717) is 0 Å². The molecule has 0 spiro atoms. The van der Waals surface area contributed by atoms with Gasteiger partial charge in [0.05, 0.1) is 13.2 Å². The number of nitrogens with two attached hydrogens (primary N) is 1. The molecule has 0 radical (unpaired) electrons. The van der Waals surface area contributed by atoms with Gasteiger partial charge in [-0.25, -0.2) is 4.79 Å². The van der Waals surface area contributed by atoms with Crippen molar-refractivity contribution in [3.8, 4) is 0 Å². The first kappa shape index (κ1) is 12.2. The third-order valence-corrected chi connectivity index (χ3v) is 1.93. The van der Waals surface area contributed by atoms with Crippen LogP contribution >= 0.6 is 0 Å². The second-order valence-electron chi connectivity index (χ2n) is 4.18.